The first-order valence-corrected chi connectivity index (χ1v) is 6.54. The highest BCUT2D eigenvalue weighted by molar-refractivity contribution is 5.94. The Morgan fingerprint density at radius 3 is 2.74 bits per heavy atom. The van der Waals surface area contributed by atoms with Gasteiger partial charge in [0, 0.05) is 35.1 Å². The van der Waals surface area contributed by atoms with Crippen molar-refractivity contribution >= 4 is 28.8 Å². The maximum atomic E-state index is 11.2. The minimum Gasteiger partial charge on any atom is -0.340 e. The molecule has 0 saturated carbocycles. The van der Waals surface area contributed by atoms with Gasteiger partial charge in [-0.3, -0.25) is 4.79 Å². The summed E-state index contributed by atoms with van der Waals surface area (Å²) in [6.45, 7) is 8.26. The number of allylic oxidation sites excluding steroid dienone is 1. The molecule has 0 radical (unpaired) electrons. The quantitative estimate of drug-likeness (QED) is 0.778. The molecule has 1 aromatic heterocycles. The number of Topliss-reactive ketones (excluding diaryl/α,β-unsaturated/α-hetero) is 1. The molecule has 0 fully saturated rings. The highest BCUT2D eigenvalue weighted by Crippen LogP contribution is 2.28. The predicted octanol–water partition coefficient (Wildman–Crippen LogP) is 4.30. The Labute approximate surface area is 114 Å². The second kappa shape index (κ2) is 5.70. The van der Waals surface area contributed by atoms with Crippen molar-refractivity contribution in [3.8, 4) is 0 Å². The summed E-state index contributed by atoms with van der Waals surface area (Å²) in [5.74, 6) is 0.209. The van der Waals surface area contributed by atoms with Gasteiger partial charge in [0.25, 0.3) is 0 Å². The molecule has 2 aromatic rings. The summed E-state index contributed by atoms with van der Waals surface area (Å²) in [4.78, 5) is 11.2. The lowest BCUT2D eigenvalue weighted by molar-refractivity contribution is -0.117. The topological polar surface area (TPSA) is 22.0 Å². The van der Waals surface area contributed by atoms with Gasteiger partial charge in [-0.1, -0.05) is 36.9 Å². The number of para-hydroxylation sites is 1. The van der Waals surface area contributed by atoms with Gasteiger partial charge in [-0.05, 0) is 26.0 Å². The predicted molar refractivity (Wildman–Crippen MR) is 82.0 cm³/mol. The molecule has 98 valence electrons. The first-order chi connectivity index (χ1) is 9.19. The minimum atomic E-state index is 0.209. The Morgan fingerprint density at radius 2 is 2.11 bits per heavy atom. The number of rotatable bonds is 5. The third kappa shape index (κ3) is 2.53. The summed E-state index contributed by atoms with van der Waals surface area (Å²) in [6, 6.07) is 8.27. The number of hydrogen-bond donors (Lipinski definition) is 0. The van der Waals surface area contributed by atoms with Crippen molar-refractivity contribution in [2.75, 3.05) is 0 Å². The van der Waals surface area contributed by atoms with Crippen LogP contribution in [0.25, 0.3) is 23.1 Å². The van der Waals surface area contributed by atoms with Gasteiger partial charge in [0.1, 0.15) is 5.78 Å². The van der Waals surface area contributed by atoms with E-state index in [4.69, 9.17) is 0 Å². The van der Waals surface area contributed by atoms with E-state index in [9.17, 15) is 4.79 Å². The Hall–Kier alpha value is -2.09. The van der Waals surface area contributed by atoms with E-state index in [1.54, 1.807) is 6.92 Å². The third-order valence-electron chi connectivity index (χ3n) is 3.27. The molecule has 19 heavy (non-hydrogen) atoms. The second-order valence-electron chi connectivity index (χ2n) is 4.62. The van der Waals surface area contributed by atoms with Gasteiger partial charge in [-0.25, -0.2) is 0 Å². The van der Waals surface area contributed by atoms with Gasteiger partial charge in [0.05, 0.1) is 0 Å². The Morgan fingerprint density at radius 1 is 1.37 bits per heavy atom. The number of hydrogen-bond acceptors (Lipinski definition) is 1. The average molecular weight is 253 g/mol. The molecular weight excluding hydrogens is 234 g/mol. The van der Waals surface area contributed by atoms with E-state index < -0.39 is 0 Å². The Balaban J connectivity index is 2.66. The molecule has 2 nitrogen and oxygen atoms in total. The van der Waals surface area contributed by atoms with E-state index in [1.807, 2.05) is 31.2 Å². The Bertz CT molecular complexity index is 647. The van der Waals surface area contributed by atoms with Crippen LogP contribution in [0.2, 0.25) is 0 Å². The average Bonchev–Trinajstić information content (AvgIpc) is 2.70. The molecule has 0 N–H and O–H groups in total. The fourth-order valence-electron chi connectivity index (χ4n) is 2.42. The third-order valence-corrected chi connectivity index (χ3v) is 3.27. The van der Waals surface area contributed by atoms with Crippen LogP contribution in [-0.4, -0.2) is 10.4 Å². The lowest BCUT2D eigenvalue weighted by Crippen LogP contribution is -2.04. The number of aryl methyl sites for hydroxylation is 1. The molecule has 2 heteroatoms. The molecule has 0 spiro atoms. The molecule has 0 aliphatic rings. The van der Waals surface area contributed by atoms with Crippen LogP contribution in [0.4, 0.5) is 0 Å². The van der Waals surface area contributed by atoms with Crippen molar-refractivity contribution in [3.05, 3.63) is 48.2 Å². The van der Waals surface area contributed by atoms with E-state index >= 15 is 0 Å². The number of ketones is 1. The fourth-order valence-corrected chi connectivity index (χ4v) is 2.42. The number of carbonyl (C=O) groups is 1. The first-order valence-electron chi connectivity index (χ1n) is 6.54. The lowest BCUT2D eigenvalue weighted by Gasteiger charge is -2.07. The van der Waals surface area contributed by atoms with Gasteiger partial charge in [0.15, 0.2) is 0 Å². The van der Waals surface area contributed by atoms with Crippen LogP contribution < -0.4 is 0 Å². The van der Waals surface area contributed by atoms with Crippen LogP contribution >= 0.6 is 0 Å². The summed E-state index contributed by atoms with van der Waals surface area (Å²) >= 11 is 0. The van der Waals surface area contributed by atoms with Crippen molar-refractivity contribution in [1.82, 2.24) is 4.57 Å². The summed E-state index contributed by atoms with van der Waals surface area (Å²) in [5, 5.41) is 1.21. The van der Waals surface area contributed by atoms with Gasteiger partial charge < -0.3 is 4.57 Å². The van der Waals surface area contributed by atoms with Crippen molar-refractivity contribution in [2.45, 2.75) is 26.8 Å². The molecule has 0 saturated heterocycles. The van der Waals surface area contributed by atoms with Crippen LogP contribution in [0.5, 0.6) is 0 Å². The molecule has 0 amide bonds. The van der Waals surface area contributed by atoms with Crippen LogP contribution in [0.3, 0.4) is 0 Å². The van der Waals surface area contributed by atoms with Crippen molar-refractivity contribution in [3.63, 3.8) is 0 Å². The van der Waals surface area contributed by atoms with Crippen molar-refractivity contribution < 1.29 is 4.79 Å². The number of carbonyl (C=O) groups excluding carboxylic acids is 1. The van der Waals surface area contributed by atoms with Gasteiger partial charge in [0.2, 0.25) is 0 Å². The maximum absolute atomic E-state index is 11.2. The molecule has 0 aliphatic heterocycles. The van der Waals surface area contributed by atoms with Crippen molar-refractivity contribution in [2.24, 2.45) is 0 Å². The van der Waals surface area contributed by atoms with E-state index in [2.05, 4.69) is 29.4 Å². The van der Waals surface area contributed by atoms with E-state index in [1.165, 1.54) is 10.9 Å². The molecule has 0 aliphatic carbocycles. The summed E-state index contributed by atoms with van der Waals surface area (Å²) in [5.41, 5.74) is 3.42. The van der Waals surface area contributed by atoms with Crippen LogP contribution in [0.1, 0.15) is 31.5 Å². The molecule has 1 aromatic carbocycles. The standard InChI is InChI=1S/C17H19NO/c1-4-8-14-15-9-6-7-10-17(15)18(16(14)5-2)12-11-13(3)19/h4-10H,2,11-12H2,1,3H3/b8-4-. The summed E-state index contributed by atoms with van der Waals surface area (Å²) < 4.78 is 2.18. The highest BCUT2D eigenvalue weighted by Gasteiger charge is 2.12. The zero-order chi connectivity index (χ0) is 13.8. The molecule has 0 unspecified atom stereocenters. The largest absolute Gasteiger partial charge is 0.340 e. The first kappa shape index (κ1) is 13.3. The smallest absolute Gasteiger partial charge is 0.131 e. The summed E-state index contributed by atoms with van der Waals surface area (Å²) in [6.07, 6.45) is 6.55. The molecule has 0 bridgehead atoms. The van der Waals surface area contributed by atoms with Crippen LogP contribution in [0.15, 0.2) is 36.9 Å². The van der Waals surface area contributed by atoms with E-state index in [0.717, 1.165) is 11.2 Å². The van der Waals surface area contributed by atoms with E-state index in [0.29, 0.717) is 13.0 Å². The monoisotopic (exact) mass is 253 g/mol. The van der Waals surface area contributed by atoms with Crippen LogP contribution in [0, 0.1) is 0 Å². The highest BCUT2D eigenvalue weighted by atomic mass is 16.1. The van der Waals surface area contributed by atoms with Gasteiger partial charge in [-0.2, -0.15) is 0 Å². The number of fused-ring (bicyclic) bond motifs is 1. The number of nitrogens with zero attached hydrogens (tertiary/aromatic N) is 1. The van der Waals surface area contributed by atoms with Crippen LogP contribution in [-0.2, 0) is 11.3 Å². The van der Waals surface area contributed by atoms with Gasteiger partial charge >= 0.3 is 0 Å². The maximum Gasteiger partial charge on any atom is 0.131 e. The molecule has 1 heterocycles. The SMILES string of the molecule is C=Cc1c(/C=C\C)c2ccccc2n1CCC(C)=O. The van der Waals surface area contributed by atoms with Crippen molar-refractivity contribution in [1.29, 1.82) is 0 Å². The Kier molecular flexibility index (Phi) is 4.00. The summed E-state index contributed by atoms with van der Waals surface area (Å²) in [7, 11) is 0. The number of aromatic nitrogens is 1. The normalized spacial score (nSPS) is 11.3. The molecular formula is C17H19NO. The number of benzene rings is 1. The zero-order valence-electron chi connectivity index (χ0n) is 11.5. The zero-order valence-corrected chi connectivity index (χ0v) is 11.5. The van der Waals surface area contributed by atoms with Gasteiger partial charge in [-0.15, -0.1) is 0 Å². The molecule has 0 atom stereocenters. The fraction of sp³-hybridized carbons (Fsp3) is 0.235. The second-order valence-corrected chi connectivity index (χ2v) is 4.62. The molecule has 2 rings (SSSR count). The van der Waals surface area contributed by atoms with E-state index in [-0.39, 0.29) is 5.78 Å². The lowest BCUT2D eigenvalue weighted by atomic mass is 10.1. The minimum absolute atomic E-state index is 0.209.